The van der Waals surface area contributed by atoms with Gasteiger partial charge in [-0.25, -0.2) is 4.39 Å². The van der Waals surface area contributed by atoms with Gasteiger partial charge in [0.25, 0.3) is 0 Å². The van der Waals surface area contributed by atoms with Crippen LogP contribution in [0.15, 0.2) is 24.4 Å². The molecule has 0 spiro atoms. The third kappa shape index (κ3) is 2.91. The van der Waals surface area contributed by atoms with Crippen molar-refractivity contribution >= 4 is 5.69 Å². The highest BCUT2D eigenvalue weighted by atomic mass is 19.1. The van der Waals surface area contributed by atoms with Gasteiger partial charge in [0.2, 0.25) is 0 Å². The Kier molecular flexibility index (Phi) is 3.81. The number of halogens is 1. The number of aryl methyl sites for hydroxylation is 2. The molecule has 0 atom stereocenters. The Morgan fingerprint density at radius 1 is 1.47 bits per heavy atom. The molecule has 0 fully saturated rings. The van der Waals surface area contributed by atoms with E-state index in [0.29, 0.717) is 12.2 Å². The summed E-state index contributed by atoms with van der Waals surface area (Å²) in [6.07, 6.45) is 2.81. The van der Waals surface area contributed by atoms with Gasteiger partial charge in [0.05, 0.1) is 11.3 Å². The monoisotopic (exact) mass is 258 g/mol. The third-order valence-electron chi connectivity index (χ3n) is 2.90. The first-order valence-corrected chi connectivity index (χ1v) is 6.09. The lowest BCUT2D eigenvalue weighted by Gasteiger charge is -2.06. The highest BCUT2D eigenvalue weighted by Gasteiger charge is 2.06. The van der Waals surface area contributed by atoms with Crippen LogP contribution in [0.3, 0.4) is 0 Å². The van der Waals surface area contributed by atoms with Crippen LogP contribution in [0.25, 0.3) is 0 Å². The maximum atomic E-state index is 13.4. The summed E-state index contributed by atoms with van der Waals surface area (Å²) < 4.78 is 15.2. The van der Waals surface area contributed by atoms with Crippen molar-refractivity contribution in [2.24, 2.45) is 7.05 Å². The van der Waals surface area contributed by atoms with Gasteiger partial charge in [-0.2, -0.15) is 10.4 Å². The van der Waals surface area contributed by atoms with Crippen molar-refractivity contribution in [3.63, 3.8) is 0 Å². The van der Waals surface area contributed by atoms with Crippen LogP contribution in [0.5, 0.6) is 0 Å². The minimum absolute atomic E-state index is 0.0566. The molecule has 1 aromatic carbocycles. The van der Waals surface area contributed by atoms with E-state index >= 15 is 0 Å². The van der Waals surface area contributed by atoms with Crippen LogP contribution in [-0.4, -0.2) is 9.78 Å². The van der Waals surface area contributed by atoms with E-state index in [1.165, 1.54) is 12.1 Å². The van der Waals surface area contributed by atoms with E-state index in [0.717, 1.165) is 17.7 Å². The van der Waals surface area contributed by atoms with Crippen molar-refractivity contribution in [1.82, 2.24) is 9.78 Å². The number of rotatable bonds is 4. The van der Waals surface area contributed by atoms with Crippen molar-refractivity contribution in [1.29, 1.82) is 5.26 Å². The summed E-state index contributed by atoms with van der Waals surface area (Å²) in [4.78, 5) is 0. The second kappa shape index (κ2) is 5.53. The number of nitrogens with one attached hydrogen (secondary N) is 1. The fraction of sp³-hybridized carbons (Fsp3) is 0.286. The Hall–Kier alpha value is -2.35. The molecule has 0 saturated heterocycles. The number of hydrogen-bond donors (Lipinski definition) is 1. The molecule has 1 heterocycles. The largest absolute Gasteiger partial charge is 0.381 e. The molecule has 0 aliphatic carbocycles. The van der Waals surface area contributed by atoms with Crippen LogP contribution < -0.4 is 5.32 Å². The van der Waals surface area contributed by atoms with Crippen LogP contribution >= 0.6 is 0 Å². The van der Waals surface area contributed by atoms with Gasteiger partial charge < -0.3 is 5.32 Å². The molecule has 0 saturated carbocycles. The maximum absolute atomic E-state index is 13.4. The van der Waals surface area contributed by atoms with E-state index in [1.54, 1.807) is 16.8 Å². The van der Waals surface area contributed by atoms with Gasteiger partial charge in [0.15, 0.2) is 0 Å². The summed E-state index contributed by atoms with van der Waals surface area (Å²) >= 11 is 0. The lowest BCUT2D eigenvalue weighted by Crippen LogP contribution is -2.01. The van der Waals surface area contributed by atoms with Gasteiger partial charge in [-0.15, -0.1) is 0 Å². The molecule has 0 aliphatic rings. The van der Waals surface area contributed by atoms with Crippen molar-refractivity contribution < 1.29 is 4.39 Å². The van der Waals surface area contributed by atoms with Gasteiger partial charge >= 0.3 is 0 Å². The van der Waals surface area contributed by atoms with Crippen molar-refractivity contribution in [3.8, 4) is 6.07 Å². The molecule has 0 unspecified atom stereocenters. The number of aromatic nitrogens is 2. The predicted molar refractivity (Wildman–Crippen MR) is 71.0 cm³/mol. The van der Waals surface area contributed by atoms with E-state index in [1.807, 2.05) is 20.2 Å². The van der Waals surface area contributed by atoms with Crippen LogP contribution in [0, 0.1) is 17.1 Å². The molecule has 2 rings (SSSR count). The van der Waals surface area contributed by atoms with Crippen molar-refractivity contribution in [2.45, 2.75) is 19.9 Å². The average Bonchev–Trinajstić information content (AvgIpc) is 2.77. The molecule has 2 aromatic rings. The quantitative estimate of drug-likeness (QED) is 0.917. The molecule has 98 valence electrons. The van der Waals surface area contributed by atoms with E-state index in [9.17, 15) is 4.39 Å². The molecule has 5 heteroatoms. The summed E-state index contributed by atoms with van der Waals surface area (Å²) in [6.45, 7) is 2.63. The van der Waals surface area contributed by atoms with Gasteiger partial charge in [-0.3, -0.25) is 4.68 Å². The van der Waals surface area contributed by atoms with Crippen LogP contribution in [0.4, 0.5) is 10.1 Å². The topological polar surface area (TPSA) is 53.6 Å². The Labute approximate surface area is 111 Å². The molecule has 1 aromatic heterocycles. The first-order valence-electron chi connectivity index (χ1n) is 6.09. The highest BCUT2D eigenvalue weighted by molar-refractivity contribution is 5.48. The van der Waals surface area contributed by atoms with Gasteiger partial charge in [-0.05, 0) is 24.6 Å². The summed E-state index contributed by atoms with van der Waals surface area (Å²) in [6, 6.07) is 6.31. The van der Waals surface area contributed by atoms with Crippen molar-refractivity contribution in [2.75, 3.05) is 5.32 Å². The van der Waals surface area contributed by atoms with Gasteiger partial charge in [0, 0.05) is 31.0 Å². The third-order valence-corrected chi connectivity index (χ3v) is 2.90. The summed E-state index contributed by atoms with van der Waals surface area (Å²) in [5.74, 6) is -0.505. The fourth-order valence-corrected chi connectivity index (χ4v) is 1.94. The summed E-state index contributed by atoms with van der Waals surface area (Å²) in [5.41, 5.74) is 2.84. The maximum Gasteiger partial charge on any atom is 0.143 e. The minimum atomic E-state index is -0.505. The molecule has 0 bridgehead atoms. The van der Waals surface area contributed by atoms with E-state index in [4.69, 9.17) is 5.26 Å². The van der Waals surface area contributed by atoms with Crippen molar-refractivity contribution in [3.05, 3.63) is 47.0 Å². The van der Waals surface area contributed by atoms with E-state index < -0.39 is 5.82 Å². The minimum Gasteiger partial charge on any atom is -0.381 e. The Morgan fingerprint density at radius 2 is 2.26 bits per heavy atom. The molecule has 1 N–H and O–H groups in total. The van der Waals surface area contributed by atoms with Gasteiger partial charge in [0.1, 0.15) is 11.9 Å². The zero-order valence-electron chi connectivity index (χ0n) is 10.9. The predicted octanol–water partition coefficient (Wildman–Crippen LogP) is 2.61. The summed E-state index contributed by atoms with van der Waals surface area (Å²) in [5, 5.41) is 16.2. The van der Waals surface area contributed by atoms with Crippen LogP contribution in [0.1, 0.15) is 23.7 Å². The molecular weight excluding hydrogens is 243 g/mol. The highest BCUT2D eigenvalue weighted by Crippen LogP contribution is 2.16. The zero-order valence-corrected chi connectivity index (χ0v) is 10.9. The number of nitrogens with zero attached hydrogens (tertiary/aromatic N) is 3. The number of nitriles is 1. The number of hydrogen-bond acceptors (Lipinski definition) is 3. The van der Waals surface area contributed by atoms with E-state index in [2.05, 4.69) is 10.4 Å². The number of benzene rings is 1. The molecule has 4 nitrogen and oxygen atoms in total. The average molecular weight is 258 g/mol. The van der Waals surface area contributed by atoms with Crippen LogP contribution in [0.2, 0.25) is 0 Å². The standard InChI is InChI=1S/C14H15FN4/c1-3-14-11(9-19(2)18-14)8-17-12-5-4-10(7-16)13(15)6-12/h4-6,9,17H,3,8H2,1-2H3. The second-order valence-electron chi connectivity index (χ2n) is 4.29. The normalized spacial score (nSPS) is 10.2. The Bertz CT molecular complexity index is 625. The number of anilines is 1. The lowest BCUT2D eigenvalue weighted by molar-refractivity contribution is 0.624. The molecular formula is C14H15FN4. The molecule has 0 radical (unpaired) electrons. The first kappa shape index (κ1) is 13.1. The Balaban J connectivity index is 2.10. The first-order chi connectivity index (χ1) is 9.13. The lowest BCUT2D eigenvalue weighted by atomic mass is 10.2. The Morgan fingerprint density at radius 3 is 2.89 bits per heavy atom. The second-order valence-corrected chi connectivity index (χ2v) is 4.29. The van der Waals surface area contributed by atoms with Crippen LogP contribution in [-0.2, 0) is 20.0 Å². The van der Waals surface area contributed by atoms with E-state index in [-0.39, 0.29) is 5.56 Å². The summed E-state index contributed by atoms with van der Waals surface area (Å²) in [7, 11) is 1.88. The molecule has 0 amide bonds. The fourth-order valence-electron chi connectivity index (χ4n) is 1.94. The van der Waals surface area contributed by atoms with Gasteiger partial charge in [-0.1, -0.05) is 6.92 Å². The zero-order chi connectivity index (χ0) is 13.8. The SMILES string of the molecule is CCc1nn(C)cc1CNc1ccc(C#N)c(F)c1. The smallest absolute Gasteiger partial charge is 0.143 e. The molecule has 19 heavy (non-hydrogen) atoms. The molecule has 0 aliphatic heterocycles.